The Bertz CT molecular complexity index is 714. The third-order valence-electron chi connectivity index (χ3n) is 3.45. The van der Waals surface area contributed by atoms with Crippen LogP contribution in [0.2, 0.25) is 0 Å². The molecule has 112 valence electrons. The van der Waals surface area contributed by atoms with Crippen molar-refractivity contribution in [1.82, 2.24) is 9.29 Å². The first kappa shape index (κ1) is 14.5. The van der Waals surface area contributed by atoms with Crippen LogP contribution in [0.3, 0.4) is 0 Å². The van der Waals surface area contributed by atoms with Crippen LogP contribution in [0.15, 0.2) is 40.1 Å². The molecular formula is C14H16N2O3S2. The van der Waals surface area contributed by atoms with Crippen molar-refractivity contribution < 1.29 is 13.2 Å². The first-order valence-electron chi connectivity index (χ1n) is 6.69. The zero-order valence-corrected chi connectivity index (χ0v) is 13.2. The minimum absolute atomic E-state index is 0.123. The second kappa shape index (κ2) is 5.75. The van der Waals surface area contributed by atoms with Crippen molar-refractivity contribution in [3.8, 4) is 5.75 Å². The molecule has 0 aliphatic carbocycles. The Balaban J connectivity index is 1.70. The van der Waals surface area contributed by atoms with Crippen LogP contribution in [-0.2, 0) is 10.0 Å². The molecule has 1 aliphatic rings. The summed E-state index contributed by atoms with van der Waals surface area (Å²) in [7, 11) is -3.37. The average Bonchev–Trinajstić information content (AvgIpc) is 3.12. The summed E-state index contributed by atoms with van der Waals surface area (Å²) < 4.78 is 32.6. The van der Waals surface area contributed by atoms with Gasteiger partial charge in [-0.1, -0.05) is 6.07 Å². The molecule has 2 aromatic rings. The quantitative estimate of drug-likeness (QED) is 0.866. The minimum Gasteiger partial charge on any atom is -0.487 e. The van der Waals surface area contributed by atoms with Gasteiger partial charge in [-0.3, -0.25) is 4.98 Å². The number of thiophene rings is 1. The maximum absolute atomic E-state index is 12.4. The van der Waals surface area contributed by atoms with Crippen LogP contribution in [0.5, 0.6) is 5.75 Å². The summed E-state index contributed by atoms with van der Waals surface area (Å²) in [4.78, 5) is 4.17. The highest BCUT2D eigenvalue weighted by atomic mass is 32.2. The zero-order chi connectivity index (χ0) is 14.9. The molecule has 7 heteroatoms. The van der Waals surface area contributed by atoms with Crippen LogP contribution >= 0.6 is 11.3 Å². The minimum atomic E-state index is -3.37. The fourth-order valence-electron chi connectivity index (χ4n) is 2.32. The number of aromatic nitrogens is 1. The summed E-state index contributed by atoms with van der Waals surface area (Å²) in [6.45, 7) is 2.75. The Hall–Kier alpha value is -1.44. The number of rotatable bonds is 4. The van der Waals surface area contributed by atoms with E-state index in [9.17, 15) is 8.42 Å². The van der Waals surface area contributed by atoms with Crippen LogP contribution in [-0.4, -0.2) is 36.9 Å². The van der Waals surface area contributed by atoms with Gasteiger partial charge in [-0.05, 0) is 36.9 Å². The van der Waals surface area contributed by atoms with Gasteiger partial charge in [0.2, 0.25) is 0 Å². The topological polar surface area (TPSA) is 59.5 Å². The van der Waals surface area contributed by atoms with Gasteiger partial charge in [0.05, 0.1) is 12.2 Å². The van der Waals surface area contributed by atoms with Crippen LogP contribution in [0, 0.1) is 6.92 Å². The second-order valence-corrected chi connectivity index (χ2v) is 8.02. The standard InChI is InChI=1S/C14H16N2O3S2/c1-11-13(4-2-7-15-11)19-12-6-8-16(10-12)21(17,18)14-5-3-9-20-14/h2-5,7,9,12H,6,8,10H2,1H3/t12-/m0/s1. The van der Waals surface area contributed by atoms with E-state index in [2.05, 4.69) is 4.98 Å². The van der Waals surface area contributed by atoms with Crippen molar-refractivity contribution in [3.05, 3.63) is 41.5 Å². The lowest BCUT2D eigenvalue weighted by molar-refractivity contribution is 0.213. The largest absolute Gasteiger partial charge is 0.487 e. The van der Waals surface area contributed by atoms with Gasteiger partial charge in [0.1, 0.15) is 16.1 Å². The fourth-order valence-corrected chi connectivity index (χ4v) is 4.95. The molecule has 0 amide bonds. The van der Waals surface area contributed by atoms with Crippen molar-refractivity contribution in [2.45, 2.75) is 23.7 Å². The summed E-state index contributed by atoms with van der Waals surface area (Å²) in [5.74, 6) is 0.720. The van der Waals surface area contributed by atoms with Crippen molar-refractivity contribution in [2.24, 2.45) is 0 Å². The van der Waals surface area contributed by atoms with Gasteiger partial charge < -0.3 is 4.74 Å². The predicted octanol–water partition coefficient (Wildman–Crippen LogP) is 2.29. The first-order chi connectivity index (χ1) is 10.1. The number of pyridine rings is 1. The number of aryl methyl sites for hydroxylation is 1. The molecule has 1 aliphatic heterocycles. The molecule has 0 spiro atoms. The summed E-state index contributed by atoms with van der Waals surface area (Å²) in [6.07, 6.45) is 2.28. The third kappa shape index (κ3) is 2.95. The summed E-state index contributed by atoms with van der Waals surface area (Å²) in [5.41, 5.74) is 0.817. The van der Waals surface area contributed by atoms with Gasteiger partial charge in [-0.25, -0.2) is 8.42 Å². The molecule has 3 rings (SSSR count). The Labute approximate surface area is 128 Å². The van der Waals surface area contributed by atoms with Gasteiger partial charge in [0.15, 0.2) is 0 Å². The highest BCUT2D eigenvalue weighted by Gasteiger charge is 2.34. The van der Waals surface area contributed by atoms with Crippen LogP contribution in [0.1, 0.15) is 12.1 Å². The van der Waals surface area contributed by atoms with Crippen molar-refractivity contribution >= 4 is 21.4 Å². The summed E-state index contributed by atoms with van der Waals surface area (Å²) in [6, 6.07) is 7.07. The van der Waals surface area contributed by atoms with E-state index >= 15 is 0 Å². The Morgan fingerprint density at radius 1 is 1.38 bits per heavy atom. The lowest BCUT2D eigenvalue weighted by Crippen LogP contribution is -2.30. The maximum atomic E-state index is 12.4. The van der Waals surface area contributed by atoms with Gasteiger partial charge in [-0.2, -0.15) is 4.31 Å². The molecule has 0 N–H and O–H groups in total. The maximum Gasteiger partial charge on any atom is 0.252 e. The number of nitrogens with zero attached hydrogens (tertiary/aromatic N) is 2. The molecule has 0 radical (unpaired) electrons. The van der Waals surface area contributed by atoms with Crippen LogP contribution < -0.4 is 4.74 Å². The highest BCUT2D eigenvalue weighted by Crippen LogP contribution is 2.27. The molecule has 0 saturated carbocycles. The van der Waals surface area contributed by atoms with Gasteiger partial charge in [0, 0.05) is 12.7 Å². The number of hydrogen-bond acceptors (Lipinski definition) is 5. The van der Waals surface area contributed by atoms with E-state index in [0.29, 0.717) is 23.7 Å². The van der Waals surface area contributed by atoms with E-state index < -0.39 is 10.0 Å². The number of hydrogen-bond donors (Lipinski definition) is 0. The molecule has 1 fully saturated rings. The molecule has 0 unspecified atom stereocenters. The lowest BCUT2D eigenvalue weighted by atomic mass is 10.3. The molecular weight excluding hydrogens is 308 g/mol. The molecule has 0 bridgehead atoms. The van der Waals surface area contributed by atoms with E-state index in [-0.39, 0.29) is 6.10 Å². The lowest BCUT2D eigenvalue weighted by Gasteiger charge is -2.17. The van der Waals surface area contributed by atoms with E-state index in [1.807, 2.05) is 19.1 Å². The summed E-state index contributed by atoms with van der Waals surface area (Å²) in [5, 5.41) is 1.77. The number of ether oxygens (including phenoxy) is 1. The van der Waals surface area contributed by atoms with E-state index in [4.69, 9.17) is 4.74 Å². The molecule has 21 heavy (non-hydrogen) atoms. The normalized spacial score (nSPS) is 19.8. The first-order valence-corrected chi connectivity index (χ1v) is 9.01. The van der Waals surface area contributed by atoms with Crippen molar-refractivity contribution in [1.29, 1.82) is 0 Å². The predicted molar refractivity (Wildman–Crippen MR) is 81.1 cm³/mol. The van der Waals surface area contributed by atoms with Gasteiger partial charge in [0.25, 0.3) is 10.0 Å². The zero-order valence-electron chi connectivity index (χ0n) is 11.6. The average molecular weight is 324 g/mol. The monoisotopic (exact) mass is 324 g/mol. The second-order valence-electron chi connectivity index (χ2n) is 4.91. The van der Waals surface area contributed by atoms with E-state index in [1.54, 1.807) is 23.7 Å². The SMILES string of the molecule is Cc1ncccc1O[C@H]1CCN(S(=O)(=O)c2cccs2)C1. The Kier molecular flexibility index (Phi) is 3.97. The van der Waals surface area contributed by atoms with Crippen LogP contribution in [0.4, 0.5) is 0 Å². The van der Waals surface area contributed by atoms with Gasteiger partial charge in [-0.15, -0.1) is 11.3 Å². The molecule has 5 nitrogen and oxygen atoms in total. The molecule has 3 heterocycles. The molecule has 2 aromatic heterocycles. The number of sulfonamides is 1. The molecule has 0 aromatic carbocycles. The van der Waals surface area contributed by atoms with Crippen molar-refractivity contribution in [2.75, 3.05) is 13.1 Å². The van der Waals surface area contributed by atoms with Crippen LogP contribution in [0.25, 0.3) is 0 Å². The fraction of sp³-hybridized carbons (Fsp3) is 0.357. The Morgan fingerprint density at radius 3 is 2.95 bits per heavy atom. The van der Waals surface area contributed by atoms with E-state index in [1.165, 1.54) is 15.6 Å². The molecule has 1 saturated heterocycles. The molecule has 1 atom stereocenters. The van der Waals surface area contributed by atoms with Crippen molar-refractivity contribution in [3.63, 3.8) is 0 Å². The van der Waals surface area contributed by atoms with Gasteiger partial charge >= 0.3 is 0 Å². The Morgan fingerprint density at radius 2 is 2.24 bits per heavy atom. The van der Waals surface area contributed by atoms with E-state index in [0.717, 1.165) is 11.4 Å². The third-order valence-corrected chi connectivity index (χ3v) is 6.69. The smallest absolute Gasteiger partial charge is 0.252 e. The highest BCUT2D eigenvalue weighted by molar-refractivity contribution is 7.91. The summed E-state index contributed by atoms with van der Waals surface area (Å²) >= 11 is 1.24.